The number of fused-ring (bicyclic) bond motifs is 1. The van der Waals surface area contributed by atoms with Crippen molar-refractivity contribution in [1.82, 2.24) is 9.66 Å². The number of hydrogen-bond donors (Lipinski definition) is 1. The molecule has 4 aromatic rings. The average Bonchev–Trinajstić information content (AvgIpc) is 2.87. The Morgan fingerprint density at radius 2 is 1.84 bits per heavy atom. The Balaban J connectivity index is 1.62. The lowest BCUT2D eigenvalue weighted by Crippen LogP contribution is -2.23. The molecule has 0 spiro atoms. The maximum atomic E-state index is 13.3. The van der Waals surface area contributed by atoms with Crippen molar-refractivity contribution in [3.05, 3.63) is 102 Å². The lowest BCUT2D eigenvalue weighted by atomic mass is 10.1. The monoisotopic (exact) mass is 601 g/mol. The van der Waals surface area contributed by atoms with Gasteiger partial charge in [0.15, 0.2) is 5.75 Å². The largest absolute Gasteiger partial charge is 0.486 e. The van der Waals surface area contributed by atoms with E-state index in [9.17, 15) is 9.59 Å². The van der Waals surface area contributed by atoms with E-state index in [2.05, 4.69) is 21.0 Å². The molecule has 4 rings (SSSR count). The van der Waals surface area contributed by atoms with Gasteiger partial charge in [0, 0.05) is 10.4 Å². The molecule has 0 fully saturated rings. The number of carboxylic acid groups (broad SMARTS) is 1. The Morgan fingerprint density at radius 3 is 2.46 bits per heavy atom. The molecule has 0 saturated heterocycles. The number of nitrogens with zero attached hydrogens (tertiary/aromatic N) is 3. The topological polar surface area (TPSA) is 93.8 Å². The Hall–Kier alpha value is -3.20. The molecule has 3 aromatic carbocycles. The van der Waals surface area contributed by atoms with Crippen molar-refractivity contribution in [1.29, 1.82) is 0 Å². The predicted octanol–water partition coefficient (Wildman–Crippen LogP) is 7.14. The molecule has 0 saturated carbocycles. The fraction of sp³-hybridized carbons (Fsp3) is 0.185. The summed E-state index contributed by atoms with van der Waals surface area (Å²) in [4.78, 5) is 29.0. The SMILES string of the molecule is CC[C@@H](C)c1nc2ccc(Br)cc2c(=O)n1N=Cc1cc(Cl)c(OCc2ccc(C(=O)O)cc2)c(Cl)c1. The van der Waals surface area contributed by atoms with Gasteiger partial charge in [0.2, 0.25) is 0 Å². The number of hydrogen-bond acceptors (Lipinski definition) is 5. The van der Waals surface area contributed by atoms with Gasteiger partial charge in [0.1, 0.15) is 12.4 Å². The third kappa shape index (κ3) is 6.04. The molecule has 190 valence electrons. The van der Waals surface area contributed by atoms with Crippen molar-refractivity contribution in [2.45, 2.75) is 32.8 Å². The van der Waals surface area contributed by atoms with E-state index in [0.717, 1.165) is 16.5 Å². The van der Waals surface area contributed by atoms with Crippen LogP contribution in [-0.2, 0) is 6.61 Å². The van der Waals surface area contributed by atoms with Crippen LogP contribution in [0.4, 0.5) is 0 Å². The summed E-state index contributed by atoms with van der Waals surface area (Å²) in [7, 11) is 0. The number of carboxylic acids is 1. The van der Waals surface area contributed by atoms with Crippen LogP contribution in [0.5, 0.6) is 5.75 Å². The van der Waals surface area contributed by atoms with Crippen LogP contribution in [0.3, 0.4) is 0 Å². The molecule has 7 nitrogen and oxygen atoms in total. The molecular formula is C27H22BrCl2N3O4. The zero-order valence-corrected chi connectivity index (χ0v) is 23.0. The minimum atomic E-state index is -0.998. The van der Waals surface area contributed by atoms with E-state index in [-0.39, 0.29) is 39.4 Å². The number of halogens is 3. The second-order valence-corrected chi connectivity index (χ2v) is 10.1. The first-order valence-electron chi connectivity index (χ1n) is 11.4. The van der Waals surface area contributed by atoms with Gasteiger partial charge in [-0.05, 0) is 60.0 Å². The normalized spacial score (nSPS) is 12.2. The smallest absolute Gasteiger partial charge is 0.335 e. The lowest BCUT2D eigenvalue weighted by Gasteiger charge is -2.14. The molecule has 10 heteroatoms. The molecule has 1 atom stereocenters. The third-order valence-electron chi connectivity index (χ3n) is 5.81. The van der Waals surface area contributed by atoms with Crippen LogP contribution in [-0.4, -0.2) is 27.0 Å². The third-order valence-corrected chi connectivity index (χ3v) is 6.87. The maximum absolute atomic E-state index is 13.3. The zero-order chi connectivity index (χ0) is 26.7. The molecule has 0 amide bonds. The number of aromatic carboxylic acids is 1. The van der Waals surface area contributed by atoms with Gasteiger partial charge in [0.25, 0.3) is 5.56 Å². The van der Waals surface area contributed by atoms with Gasteiger partial charge in [0.05, 0.1) is 32.7 Å². The van der Waals surface area contributed by atoms with Crippen molar-refractivity contribution < 1.29 is 14.6 Å². The summed E-state index contributed by atoms with van der Waals surface area (Å²) in [6.07, 6.45) is 2.29. The van der Waals surface area contributed by atoms with Crippen LogP contribution < -0.4 is 10.3 Å². The van der Waals surface area contributed by atoms with E-state index in [4.69, 9.17) is 38.0 Å². The van der Waals surface area contributed by atoms with Crippen LogP contribution in [0.1, 0.15) is 53.5 Å². The van der Waals surface area contributed by atoms with Gasteiger partial charge in [-0.15, -0.1) is 0 Å². The van der Waals surface area contributed by atoms with Crippen LogP contribution in [0, 0.1) is 0 Å². The Bertz CT molecular complexity index is 1550. The first-order chi connectivity index (χ1) is 17.7. The van der Waals surface area contributed by atoms with E-state index in [1.807, 2.05) is 19.9 Å². The first kappa shape index (κ1) is 26.9. The molecule has 1 N–H and O–H groups in total. The van der Waals surface area contributed by atoms with E-state index in [1.54, 1.807) is 36.4 Å². The summed E-state index contributed by atoms with van der Waals surface area (Å²) in [5, 5.41) is 14.5. The maximum Gasteiger partial charge on any atom is 0.335 e. The molecule has 0 aliphatic heterocycles. The van der Waals surface area contributed by atoms with Crippen LogP contribution in [0.15, 0.2) is 69.0 Å². The second-order valence-electron chi connectivity index (χ2n) is 8.41. The highest BCUT2D eigenvalue weighted by atomic mass is 79.9. The van der Waals surface area contributed by atoms with E-state index < -0.39 is 5.97 Å². The van der Waals surface area contributed by atoms with E-state index in [1.165, 1.54) is 23.0 Å². The number of carbonyl (C=O) groups is 1. The van der Waals surface area contributed by atoms with Crippen LogP contribution in [0.25, 0.3) is 10.9 Å². The van der Waals surface area contributed by atoms with Crippen molar-refractivity contribution in [2.24, 2.45) is 5.10 Å². The fourth-order valence-corrected chi connectivity index (χ4v) is 4.57. The lowest BCUT2D eigenvalue weighted by molar-refractivity contribution is 0.0697. The van der Waals surface area contributed by atoms with Gasteiger partial charge < -0.3 is 9.84 Å². The van der Waals surface area contributed by atoms with Gasteiger partial charge in [-0.1, -0.05) is 65.1 Å². The highest BCUT2D eigenvalue weighted by molar-refractivity contribution is 9.10. The number of rotatable bonds is 8. The van der Waals surface area contributed by atoms with Gasteiger partial charge in [-0.25, -0.2) is 9.78 Å². The van der Waals surface area contributed by atoms with Gasteiger partial charge in [-0.3, -0.25) is 4.79 Å². The average molecular weight is 603 g/mol. The molecule has 0 aliphatic carbocycles. The summed E-state index contributed by atoms with van der Waals surface area (Å²) >= 11 is 16.3. The van der Waals surface area contributed by atoms with Crippen molar-refractivity contribution in [3.8, 4) is 5.75 Å². The van der Waals surface area contributed by atoms with Gasteiger partial charge in [-0.2, -0.15) is 9.78 Å². The first-order valence-corrected chi connectivity index (χ1v) is 12.9. The number of ether oxygens (including phenoxy) is 1. The molecule has 0 radical (unpaired) electrons. The molecule has 0 aliphatic rings. The Morgan fingerprint density at radius 1 is 1.16 bits per heavy atom. The van der Waals surface area contributed by atoms with Crippen LogP contribution in [0.2, 0.25) is 10.0 Å². The standard InChI is InChI=1S/C27H22BrCl2N3O4/c1-3-15(2)25-32-23-9-8-19(28)12-20(23)26(34)33(25)31-13-17-10-21(29)24(22(30)11-17)37-14-16-4-6-18(7-5-16)27(35)36/h4-13,15H,3,14H2,1-2H3,(H,35,36)/t15-/m1/s1. The van der Waals surface area contributed by atoms with E-state index in [0.29, 0.717) is 22.3 Å². The molecule has 0 unspecified atom stereocenters. The summed E-state index contributed by atoms with van der Waals surface area (Å²) < 4.78 is 7.88. The molecule has 1 aromatic heterocycles. The quantitative estimate of drug-likeness (QED) is 0.216. The number of benzene rings is 3. The molecular weight excluding hydrogens is 581 g/mol. The summed E-state index contributed by atoms with van der Waals surface area (Å²) in [6, 6.07) is 15.0. The van der Waals surface area contributed by atoms with E-state index >= 15 is 0 Å². The fourth-order valence-electron chi connectivity index (χ4n) is 3.59. The molecule has 0 bridgehead atoms. The summed E-state index contributed by atoms with van der Waals surface area (Å²) in [6.45, 7) is 4.17. The van der Waals surface area contributed by atoms with Gasteiger partial charge >= 0.3 is 5.97 Å². The summed E-state index contributed by atoms with van der Waals surface area (Å²) in [5.41, 5.74) is 1.86. The zero-order valence-electron chi connectivity index (χ0n) is 19.9. The second kappa shape index (κ2) is 11.5. The van der Waals surface area contributed by atoms with Crippen LogP contribution >= 0.6 is 39.1 Å². The van der Waals surface area contributed by atoms with Crippen molar-refractivity contribution in [3.63, 3.8) is 0 Å². The summed E-state index contributed by atoms with van der Waals surface area (Å²) in [5.74, 6) is -0.144. The minimum Gasteiger partial charge on any atom is -0.486 e. The van der Waals surface area contributed by atoms with Crippen molar-refractivity contribution >= 4 is 62.2 Å². The molecule has 37 heavy (non-hydrogen) atoms. The highest BCUT2D eigenvalue weighted by Crippen LogP contribution is 2.34. The Kier molecular flexibility index (Phi) is 8.32. The number of aromatic nitrogens is 2. The molecule has 1 heterocycles. The van der Waals surface area contributed by atoms with Crippen molar-refractivity contribution in [2.75, 3.05) is 0 Å². The predicted molar refractivity (Wildman–Crippen MR) is 150 cm³/mol. The minimum absolute atomic E-state index is 0.00501. The highest BCUT2D eigenvalue weighted by Gasteiger charge is 2.16. The Labute approximate surface area is 231 Å².